The quantitative estimate of drug-likeness (QED) is 0.887. The lowest BCUT2D eigenvalue weighted by Gasteiger charge is -2.29. The number of hydrogen-bond acceptors (Lipinski definition) is 4. The lowest BCUT2D eigenvalue weighted by atomic mass is 10.0. The Balaban J connectivity index is 1.49. The van der Waals surface area contributed by atoms with Crippen molar-refractivity contribution < 1.29 is 9.53 Å². The number of amides is 2. The maximum atomic E-state index is 12.0. The number of nitrogens with zero attached hydrogens (tertiary/aromatic N) is 2. The molecule has 2 atom stereocenters. The molecule has 2 aromatic rings. The Morgan fingerprint density at radius 2 is 2.43 bits per heavy atom. The SMILES string of the molecule is Cn1ccnc1C1CC(NC(=O)NCc2ccc(Cl)s2)CCO1. The van der Waals surface area contributed by atoms with Crippen molar-refractivity contribution in [3.63, 3.8) is 0 Å². The van der Waals surface area contributed by atoms with Crippen molar-refractivity contribution >= 4 is 29.0 Å². The molecule has 0 bridgehead atoms. The van der Waals surface area contributed by atoms with Crippen LogP contribution >= 0.6 is 22.9 Å². The summed E-state index contributed by atoms with van der Waals surface area (Å²) in [6.07, 6.45) is 5.11. The lowest BCUT2D eigenvalue weighted by molar-refractivity contribution is -0.00436. The van der Waals surface area contributed by atoms with E-state index >= 15 is 0 Å². The zero-order chi connectivity index (χ0) is 16.2. The monoisotopic (exact) mass is 354 g/mol. The Kier molecular flexibility index (Phi) is 5.20. The van der Waals surface area contributed by atoms with Crippen LogP contribution in [0.5, 0.6) is 0 Å². The van der Waals surface area contributed by atoms with Gasteiger partial charge in [0.2, 0.25) is 0 Å². The molecule has 23 heavy (non-hydrogen) atoms. The lowest BCUT2D eigenvalue weighted by Crippen LogP contribution is -2.44. The minimum absolute atomic E-state index is 0.0786. The Bertz CT molecular complexity index is 672. The molecule has 1 saturated heterocycles. The maximum Gasteiger partial charge on any atom is 0.315 e. The minimum atomic E-state index is -0.167. The summed E-state index contributed by atoms with van der Waals surface area (Å²) >= 11 is 7.35. The molecule has 1 aliphatic rings. The molecule has 2 unspecified atom stereocenters. The van der Waals surface area contributed by atoms with Gasteiger partial charge >= 0.3 is 6.03 Å². The summed E-state index contributed by atoms with van der Waals surface area (Å²) in [5, 5.41) is 5.87. The van der Waals surface area contributed by atoms with Gasteiger partial charge in [0.05, 0.1) is 10.9 Å². The number of carbonyl (C=O) groups excluding carboxylic acids is 1. The smallest absolute Gasteiger partial charge is 0.315 e. The van der Waals surface area contributed by atoms with E-state index in [0.29, 0.717) is 13.2 Å². The first-order valence-corrected chi connectivity index (χ1v) is 8.68. The molecular weight excluding hydrogens is 336 g/mol. The average Bonchev–Trinajstić information content (AvgIpc) is 3.14. The van der Waals surface area contributed by atoms with Gasteiger partial charge in [0.25, 0.3) is 0 Å². The zero-order valence-electron chi connectivity index (χ0n) is 12.8. The Hall–Kier alpha value is -1.57. The molecule has 0 radical (unpaired) electrons. The van der Waals surface area contributed by atoms with E-state index in [0.717, 1.165) is 27.9 Å². The Labute approximate surface area is 143 Å². The van der Waals surface area contributed by atoms with Gasteiger partial charge in [0.15, 0.2) is 0 Å². The summed E-state index contributed by atoms with van der Waals surface area (Å²) in [6.45, 7) is 1.10. The number of rotatable bonds is 4. The second-order valence-electron chi connectivity index (χ2n) is 5.51. The fourth-order valence-corrected chi connectivity index (χ4v) is 3.67. The van der Waals surface area contributed by atoms with Crippen molar-refractivity contribution in [2.45, 2.75) is 31.5 Å². The third-order valence-electron chi connectivity index (χ3n) is 3.82. The predicted octanol–water partition coefficient (Wildman–Crippen LogP) is 2.85. The summed E-state index contributed by atoms with van der Waals surface area (Å²) in [6, 6.07) is 3.66. The topological polar surface area (TPSA) is 68.2 Å². The van der Waals surface area contributed by atoms with E-state index in [1.165, 1.54) is 11.3 Å². The van der Waals surface area contributed by atoms with Gasteiger partial charge in [0, 0.05) is 43.4 Å². The number of ether oxygens (including phenoxy) is 1. The molecule has 3 rings (SSSR count). The molecule has 1 aliphatic heterocycles. The van der Waals surface area contributed by atoms with E-state index in [2.05, 4.69) is 15.6 Å². The van der Waals surface area contributed by atoms with E-state index < -0.39 is 0 Å². The molecule has 0 spiro atoms. The van der Waals surface area contributed by atoms with Crippen LogP contribution in [0.15, 0.2) is 24.5 Å². The number of nitrogens with one attached hydrogen (secondary N) is 2. The molecule has 2 N–H and O–H groups in total. The molecule has 1 fully saturated rings. The number of halogens is 1. The van der Waals surface area contributed by atoms with Crippen molar-refractivity contribution in [1.82, 2.24) is 20.2 Å². The van der Waals surface area contributed by atoms with Crippen molar-refractivity contribution in [3.8, 4) is 0 Å². The molecule has 124 valence electrons. The highest BCUT2D eigenvalue weighted by Gasteiger charge is 2.27. The van der Waals surface area contributed by atoms with Crippen LogP contribution in [0.2, 0.25) is 4.34 Å². The largest absolute Gasteiger partial charge is 0.370 e. The first kappa shape index (κ1) is 16.3. The zero-order valence-corrected chi connectivity index (χ0v) is 14.4. The van der Waals surface area contributed by atoms with E-state index in [4.69, 9.17) is 16.3 Å². The van der Waals surface area contributed by atoms with Crippen LogP contribution in [0.3, 0.4) is 0 Å². The second-order valence-corrected chi connectivity index (χ2v) is 7.31. The number of urea groups is 1. The summed E-state index contributed by atoms with van der Waals surface area (Å²) in [7, 11) is 1.95. The number of aryl methyl sites for hydroxylation is 1. The molecular formula is C15H19ClN4O2S. The van der Waals surface area contributed by atoms with Gasteiger partial charge in [-0.3, -0.25) is 0 Å². The summed E-state index contributed by atoms with van der Waals surface area (Å²) in [5.74, 6) is 0.894. The number of aromatic nitrogens is 2. The molecule has 0 saturated carbocycles. The molecule has 2 aromatic heterocycles. The van der Waals surface area contributed by atoms with Crippen molar-refractivity contribution in [1.29, 1.82) is 0 Å². The van der Waals surface area contributed by atoms with Crippen LogP contribution in [0.1, 0.15) is 29.6 Å². The number of carbonyl (C=O) groups is 1. The van der Waals surface area contributed by atoms with Crippen LogP contribution in [-0.4, -0.2) is 28.2 Å². The predicted molar refractivity (Wildman–Crippen MR) is 89.6 cm³/mol. The molecule has 0 aliphatic carbocycles. The van der Waals surface area contributed by atoms with Crippen LogP contribution in [-0.2, 0) is 18.3 Å². The highest BCUT2D eigenvalue weighted by molar-refractivity contribution is 7.16. The first-order chi connectivity index (χ1) is 11.1. The third kappa shape index (κ3) is 4.25. The standard InChI is InChI=1S/C15H19ClN4O2S/c1-20-6-5-17-14(20)12-8-10(4-7-22-12)19-15(21)18-9-11-2-3-13(16)23-11/h2-3,5-6,10,12H,4,7-9H2,1H3,(H2,18,19,21). The van der Waals surface area contributed by atoms with Gasteiger partial charge in [0.1, 0.15) is 11.9 Å². The molecule has 3 heterocycles. The maximum absolute atomic E-state index is 12.0. The summed E-state index contributed by atoms with van der Waals surface area (Å²) in [5.41, 5.74) is 0. The fraction of sp³-hybridized carbons (Fsp3) is 0.467. The highest BCUT2D eigenvalue weighted by atomic mass is 35.5. The van der Waals surface area contributed by atoms with Gasteiger partial charge in [-0.05, 0) is 18.6 Å². The van der Waals surface area contributed by atoms with E-state index in [-0.39, 0.29) is 18.2 Å². The fourth-order valence-electron chi connectivity index (χ4n) is 2.65. The van der Waals surface area contributed by atoms with Crippen LogP contribution in [0.4, 0.5) is 4.79 Å². The Morgan fingerprint density at radius 1 is 1.57 bits per heavy atom. The van der Waals surface area contributed by atoms with E-state index in [9.17, 15) is 4.79 Å². The van der Waals surface area contributed by atoms with Crippen LogP contribution < -0.4 is 10.6 Å². The van der Waals surface area contributed by atoms with Gasteiger partial charge in [-0.15, -0.1) is 11.3 Å². The van der Waals surface area contributed by atoms with Gasteiger partial charge < -0.3 is 19.9 Å². The number of thiophene rings is 1. The van der Waals surface area contributed by atoms with E-state index in [1.54, 1.807) is 6.20 Å². The van der Waals surface area contributed by atoms with Gasteiger partial charge in [-0.25, -0.2) is 9.78 Å². The van der Waals surface area contributed by atoms with Gasteiger partial charge in [-0.1, -0.05) is 11.6 Å². The summed E-state index contributed by atoms with van der Waals surface area (Å²) < 4.78 is 8.46. The second kappa shape index (κ2) is 7.33. The molecule has 0 aromatic carbocycles. The first-order valence-electron chi connectivity index (χ1n) is 7.49. The number of hydrogen-bond donors (Lipinski definition) is 2. The number of imidazole rings is 1. The van der Waals surface area contributed by atoms with Crippen molar-refractivity contribution in [2.24, 2.45) is 7.05 Å². The van der Waals surface area contributed by atoms with Crippen molar-refractivity contribution in [3.05, 3.63) is 39.6 Å². The molecule has 2 amide bonds. The van der Waals surface area contributed by atoms with Gasteiger partial charge in [-0.2, -0.15) is 0 Å². The van der Waals surface area contributed by atoms with E-state index in [1.807, 2.05) is 29.9 Å². The molecule has 6 nitrogen and oxygen atoms in total. The highest BCUT2D eigenvalue weighted by Crippen LogP contribution is 2.26. The van der Waals surface area contributed by atoms with Crippen LogP contribution in [0, 0.1) is 0 Å². The third-order valence-corrected chi connectivity index (χ3v) is 5.05. The average molecular weight is 355 g/mol. The Morgan fingerprint density at radius 3 is 3.13 bits per heavy atom. The van der Waals surface area contributed by atoms with Crippen LogP contribution in [0.25, 0.3) is 0 Å². The minimum Gasteiger partial charge on any atom is -0.370 e. The summed E-state index contributed by atoms with van der Waals surface area (Å²) in [4.78, 5) is 17.4. The normalized spacial score (nSPS) is 21.1. The molecule has 8 heteroatoms. The van der Waals surface area contributed by atoms with Crippen molar-refractivity contribution in [2.75, 3.05) is 6.61 Å².